The number of aromatic nitrogens is 3. The quantitative estimate of drug-likeness (QED) is 0.395. The highest BCUT2D eigenvalue weighted by molar-refractivity contribution is 6.32. The minimum Gasteiger partial charge on any atom is -0.619 e. The number of nitrogens with two attached hydrogens (primary N) is 1. The first kappa shape index (κ1) is 18.7. The van der Waals surface area contributed by atoms with Gasteiger partial charge in [0.2, 0.25) is 0 Å². The second kappa shape index (κ2) is 7.65. The molecule has 0 spiro atoms. The maximum Gasteiger partial charge on any atom is 0.271 e. The zero-order valence-corrected chi connectivity index (χ0v) is 15.4. The molecule has 0 saturated heterocycles. The molecular formula is C17H12Cl2N4O4. The average Bonchev–Trinajstić information content (AvgIpc) is 2.65. The highest BCUT2D eigenvalue weighted by atomic mass is 35.5. The van der Waals surface area contributed by atoms with Crippen molar-refractivity contribution in [3.05, 3.63) is 63.8 Å². The maximum atomic E-state index is 11.9. The van der Waals surface area contributed by atoms with Crippen LogP contribution in [0.2, 0.25) is 10.2 Å². The minimum absolute atomic E-state index is 0.110. The Kier molecular flexibility index (Phi) is 5.29. The molecule has 0 fully saturated rings. The van der Waals surface area contributed by atoms with Crippen LogP contribution in [0.15, 0.2) is 42.7 Å². The number of methoxy groups -OCH3 is 1. The Morgan fingerprint density at radius 1 is 1.19 bits per heavy atom. The molecule has 2 N–H and O–H groups in total. The molecule has 0 unspecified atom stereocenters. The molecule has 3 rings (SSSR count). The van der Waals surface area contributed by atoms with Gasteiger partial charge in [0, 0.05) is 23.8 Å². The number of ether oxygens (including phenoxy) is 2. The summed E-state index contributed by atoms with van der Waals surface area (Å²) in [7, 11) is 1.48. The number of nitrogens with zero attached hydrogens (tertiary/aromatic N) is 3. The van der Waals surface area contributed by atoms with E-state index < -0.39 is 5.91 Å². The first-order valence-corrected chi connectivity index (χ1v) is 8.22. The molecule has 0 aliphatic carbocycles. The van der Waals surface area contributed by atoms with Crippen LogP contribution in [-0.2, 0) is 0 Å². The molecule has 1 amide bonds. The standard InChI is InChI=1S/C17H12Cl2N4O4/c1-26-10-2-3-11(18)12(8-10)27-14-13(16(20)24)21-17(22-15(14)19)9-4-6-23(25)7-5-9/h2-8H,1H3,(H2,20,24). The molecule has 8 nitrogen and oxygen atoms in total. The smallest absolute Gasteiger partial charge is 0.271 e. The summed E-state index contributed by atoms with van der Waals surface area (Å²) in [4.78, 5) is 20.1. The lowest BCUT2D eigenvalue weighted by molar-refractivity contribution is -0.605. The number of halogens is 2. The van der Waals surface area contributed by atoms with E-state index in [1.165, 1.54) is 37.7 Å². The SMILES string of the molecule is COc1ccc(Cl)c(Oc2c(Cl)nc(-c3cc[n+]([O-])cc3)nc2C(N)=O)c1. The summed E-state index contributed by atoms with van der Waals surface area (Å²) < 4.78 is 11.4. The number of amides is 1. The first-order chi connectivity index (χ1) is 12.9. The monoisotopic (exact) mass is 406 g/mol. The summed E-state index contributed by atoms with van der Waals surface area (Å²) in [6.07, 6.45) is 2.52. The molecule has 10 heteroatoms. The fourth-order valence-corrected chi connectivity index (χ4v) is 2.53. The highest BCUT2D eigenvalue weighted by Crippen LogP contribution is 2.37. The van der Waals surface area contributed by atoms with Crippen LogP contribution < -0.4 is 19.9 Å². The van der Waals surface area contributed by atoms with E-state index in [0.717, 1.165) is 0 Å². The van der Waals surface area contributed by atoms with Gasteiger partial charge < -0.3 is 20.4 Å². The third-order valence-electron chi connectivity index (χ3n) is 3.47. The topological polar surface area (TPSA) is 114 Å². The van der Waals surface area contributed by atoms with Crippen molar-refractivity contribution in [3.63, 3.8) is 0 Å². The zero-order valence-electron chi connectivity index (χ0n) is 13.8. The van der Waals surface area contributed by atoms with E-state index in [9.17, 15) is 10.0 Å². The van der Waals surface area contributed by atoms with Crippen molar-refractivity contribution in [2.24, 2.45) is 5.73 Å². The first-order valence-electron chi connectivity index (χ1n) is 7.47. The fraction of sp³-hybridized carbons (Fsp3) is 0.0588. The lowest BCUT2D eigenvalue weighted by Crippen LogP contribution is -2.23. The number of carbonyl (C=O) groups excluding carboxylic acids is 1. The fourth-order valence-electron chi connectivity index (χ4n) is 2.17. The van der Waals surface area contributed by atoms with E-state index in [4.69, 9.17) is 38.4 Å². The van der Waals surface area contributed by atoms with E-state index in [1.807, 2.05) is 0 Å². The average molecular weight is 407 g/mol. The molecule has 27 heavy (non-hydrogen) atoms. The molecule has 0 aliphatic rings. The Morgan fingerprint density at radius 2 is 1.89 bits per heavy atom. The van der Waals surface area contributed by atoms with Crippen molar-refractivity contribution in [1.29, 1.82) is 0 Å². The highest BCUT2D eigenvalue weighted by Gasteiger charge is 2.21. The Hall–Kier alpha value is -3.10. The number of hydrogen-bond donors (Lipinski definition) is 1. The predicted molar refractivity (Wildman–Crippen MR) is 98.0 cm³/mol. The number of rotatable bonds is 5. The molecule has 2 heterocycles. The number of benzene rings is 1. The second-order valence-corrected chi connectivity index (χ2v) is 5.99. The summed E-state index contributed by atoms with van der Waals surface area (Å²) in [5, 5.41) is 11.3. The molecule has 138 valence electrons. The summed E-state index contributed by atoms with van der Waals surface area (Å²) in [5.41, 5.74) is 5.66. The van der Waals surface area contributed by atoms with Crippen LogP contribution in [0, 0.1) is 5.21 Å². The molecule has 0 saturated carbocycles. The zero-order chi connectivity index (χ0) is 19.6. The Bertz CT molecular complexity index is 1010. The van der Waals surface area contributed by atoms with Gasteiger partial charge >= 0.3 is 0 Å². The second-order valence-electron chi connectivity index (χ2n) is 5.23. The van der Waals surface area contributed by atoms with Gasteiger partial charge in [-0.15, -0.1) is 0 Å². The van der Waals surface area contributed by atoms with Gasteiger partial charge in [-0.05, 0) is 12.1 Å². The third kappa shape index (κ3) is 4.02. The van der Waals surface area contributed by atoms with E-state index in [2.05, 4.69) is 9.97 Å². The molecule has 0 aliphatic heterocycles. The van der Waals surface area contributed by atoms with Gasteiger partial charge in [-0.25, -0.2) is 9.97 Å². The molecular weight excluding hydrogens is 395 g/mol. The number of pyridine rings is 1. The summed E-state index contributed by atoms with van der Waals surface area (Å²) in [6, 6.07) is 7.67. The molecule has 0 bridgehead atoms. The normalized spacial score (nSPS) is 10.5. The van der Waals surface area contributed by atoms with Crippen LogP contribution in [0.25, 0.3) is 11.4 Å². The van der Waals surface area contributed by atoms with Crippen molar-refractivity contribution >= 4 is 29.1 Å². The molecule has 1 aromatic carbocycles. The van der Waals surface area contributed by atoms with Crippen LogP contribution in [0.3, 0.4) is 0 Å². The largest absolute Gasteiger partial charge is 0.619 e. The van der Waals surface area contributed by atoms with Crippen molar-refractivity contribution in [2.75, 3.05) is 7.11 Å². The van der Waals surface area contributed by atoms with Crippen LogP contribution in [-0.4, -0.2) is 23.0 Å². The van der Waals surface area contributed by atoms with Gasteiger partial charge in [0.15, 0.2) is 34.8 Å². The van der Waals surface area contributed by atoms with Crippen LogP contribution >= 0.6 is 23.2 Å². The van der Waals surface area contributed by atoms with E-state index in [0.29, 0.717) is 16.0 Å². The van der Waals surface area contributed by atoms with E-state index in [-0.39, 0.29) is 33.2 Å². The van der Waals surface area contributed by atoms with Gasteiger partial charge in [0.05, 0.1) is 12.1 Å². The van der Waals surface area contributed by atoms with Crippen LogP contribution in [0.1, 0.15) is 10.5 Å². The minimum atomic E-state index is -0.871. The number of carbonyl (C=O) groups is 1. The summed E-state index contributed by atoms with van der Waals surface area (Å²) >= 11 is 12.3. The predicted octanol–water partition coefficient (Wildman–Crippen LogP) is 2.98. The Balaban J connectivity index is 2.08. The third-order valence-corrected chi connectivity index (χ3v) is 4.04. The molecule has 0 atom stereocenters. The van der Waals surface area contributed by atoms with Gasteiger partial charge in [0.1, 0.15) is 11.5 Å². The number of primary amides is 1. The van der Waals surface area contributed by atoms with E-state index >= 15 is 0 Å². The molecule has 3 aromatic rings. The van der Waals surface area contributed by atoms with Crippen LogP contribution in [0.5, 0.6) is 17.2 Å². The Morgan fingerprint density at radius 3 is 2.52 bits per heavy atom. The van der Waals surface area contributed by atoms with Gasteiger partial charge in [0.25, 0.3) is 5.91 Å². The molecule has 0 radical (unpaired) electrons. The summed E-state index contributed by atoms with van der Waals surface area (Å²) in [5.74, 6) is -0.233. The van der Waals surface area contributed by atoms with Gasteiger partial charge in [-0.3, -0.25) is 4.79 Å². The maximum absolute atomic E-state index is 11.9. The van der Waals surface area contributed by atoms with Crippen molar-refractivity contribution in [3.8, 4) is 28.6 Å². The summed E-state index contributed by atoms with van der Waals surface area (Å²) in [6.45, 7) is 0. The van der Waals surface area contributed by atoms with Crippen molar-refractivity contribution in [1.82, 2.24) is 9.97 Å². The van der Waals surface area contributed by atoms with Gasteiger partial charge in [-0.1, -0.05) is 23.2 Å². The van der Waals surface area contributed by atoms with Crippen LogP contribution in [0.4, 0.5) is 0 Å². The lowest BCUT2D eigenvalue weighted by atomic mass is 10.2. The van der Waals surface area contributed by atoms with E-state index in [1.54, 1.807) is 12.1 Å². The number of hydrogen-bond acceptors (Lipinski definition) is 6. The van der Waals surface area contributed by atoms with Crippen molar-refractivity contribution in [2.45, 2.75) is 0 Å². The molecule has 2 aromatic heterocycles. The lowest BCUT2D eigenvalue weighted by Gasteiger charge is -2.13. The van der Waals surface area contributed by atoms with Gasteiger partial charge in [-0.2, -0.15) is 4.73 Å². The van der Waals surface area contributed by atoms with Crippen molar-refractivity contribution < 1.29 is 19.0 Å². The Labute approximate surface area is 163 Å².